The van der Waals surface area contributed by atoms with Crippen LogP contribution in [0.3, 0.4) is 0 Å². The van der Waals surface area contributed by atoms with E-state index in [0.717, 1.165) is 29.1 Å². The molecule has 0 aromatic rings. The molecule has 126 valence electrons. The van der Waals surface area contributed by atoms with Gasteiger partial charge in [-0.15, -0.1) is 0 Å². The molecule has 2 rings (SSSR count). The molecule has 0 radical (unpaired) electrons. The van der Waals surface area contributed by atoms with Crippen LogP contribution in [0.5, 0.6) is 0 Å². The first kappa shape index (κ1) is 17.2. The molecule has 0 spiro atoms. The van der Waals surface area contributed by atoms with Crippen LogP contribution >= 0.6 is 0 Å². The van der Waals surface area contributed by atoms with Gasteiger partial charge >= 0.3 is 6.18 Å². The van der Waals surface area contributed by atoms with E-state index < -0.39 is 19.2 Å². The van der Waals surface area contributed by atoms with Crippen molar-refractivity contribution >= 4 is 6.21 Å². The number of halogens is 3. The maximum absolute atomic E-state index is 12.0. The molecule has 0 saturated carbocycles. The second-order valence-electron chi connectivity index (χ2n) is 5.56. The highest BCUT2D eigenvalue weighted by Gasteiger charge is 2.31. The van der Waals surface area contributed by atoms with Gasteiger partial charge in [0.1, 0.15) is 0 Å². The lowest BCUT2D eigenvalue weighted by Gasteiger charge is -2.28. The van der Waals surface area contributed by atoms with Gasteiger partial charge in [0.05, 0.1) is 25.3 Å². The second kappa shape index (κ2) is 6.52. The van der Waals surface area contributed by atoms with Crippen LogP contribution in [0.15, 0.2) is 52.1 Å². The molecule has 0 aromatic heterocycles. The van der Waals surface area contributed by atoms with E-state index in [9.17, 15) is 13.2 Å². The quantitative estimate of drug-likeness (QED) is 0.602. The zero-order valence-corrected chi connectivity index (χ0v) is 13.2. The Bertz CT molecular complexity index is 615. The van der Waals surface area contributed by atoms with Crippen molar-refractivity contribution in [1.82, 2.24) is 4.90 Å². The Morgan fingerprint density at radius 3 is 2.70 bits per heavy atom. The summed E-state index contributed by atoms with van der Waals surface area (Å²) in [5.41, 5.74) is 9.62. The van der Waals surface area contributed by atoms with E-state index in [1.54, 1.807) is 12.3 Å². The molecule has 0 amide bonds. The van der Waals surface area contributed by atoms with E-state index in [0.29, 0.717) is 0 Å². The third-order valence-corrected chi connectivity index (χ3v) is 3.93. The Hall–Kier alpha value is -2.18. The minimum atomic E-state index is -4.24. The lowest BCUT2D eigenvalue weighted by Crippen LogP contribution is -2.30. The first-order valence-corrected chi connectivity index (χ1v) is 7.25. The van der Waals surface area contributed by atoms with Crippen molar-refractivity contribution in [3.05, 3.63) is 47.2 Å². The SMILES string of the molecule is C=C1C2=C(CN1C(C)/C(C)=C/C=C(\N)OCCC(F)(F)F)N=C2. The maximum Gasteiger partial charge on any atom is 0.392 e. The third-order valence-electron chi connectivity index (χ3n) is 3.93. The summed E-state index contributed by atoms with van der Waals surface area (Å²) in [5.74, 6) is -0.0341. The average Bonchev–Trinajstić information content (AvgIpc) is 2.63. The van der Waals surface area contributed by atoms with Crippen molar-refractivity contribution < 1.29 is 17.9 Å². The van der Waals surface area contributed by atoms with E-state index in [1.807, 2.05) is 13.8 Å². The van der Waals surface area contributed by atoms with Crippen LogP contribution in [0.2, 0.25) is 0 Å². The van der Waals surface area contributed by atoms with Gasteiger partial charge in [-0.1, -0.05) is 18.2 Å². The molecule has 2 aliphatic heterocycles. The van der Waals surface area contributed by atoms with Gasteiger partial charge in [0.2, 0.25) is 0 Å². The number of nitrogens with zero attached hydrogens (tertiary/aromatic N) is 2. The van der Waals surface area contributed by atoms with Gasteiger partial charge in [0.25, 0.3) is 0 Å². The summed E-state index contributed by atoms with van der Waals surface area (Å²) in [4.78, 5) is 6.31. The molecule has 0 fully saturated rings. The third kappa shape index (κ3) is 4.18. The highest BCUT2D eigenvalue weighted by molar-refractivity contribution is 5.93. The fourth-order valence-electron chi connectivity index (χ4n) is 2.30. The van der Waals surface area contributed by atoms with Gasteiger partial charge < -0.3 is 15.4 Å². The highest BCUT2D eigenvalue weighted by Crippen LogP contribution is 2.34. The number of hydrogen-bond donors (Lipinski definition) is 1. The summed E-state index contributed by atoms with van der Waals surface area (Å²) in [5, 5.41) is 0. The number of hydrogen-bond acceptors (Lipinski definition) is 4. The number of aliphatic imine (C=N–C) groups is 1. The summed E-state index contributed by atoms with van der Waals surface area (Å²) in [6, 6.07) is 0.0796. The molecule has 4 nitrogen and oxygen atoms in total. The molecule has 1 atom stereocenters. The van der Waals surface area contributed by atoms with Crippen LogP contribution in [0.1, 0.15) is 20.3 Å². The summed E-state index contributed by atoms with van der Waals surface area (Å²) in [6.07, 6.45) is -0.238. The minimum absolute atomic E-state index is 0.0341. The molecule has 0 aromatic carbocycles. The normalized spacial score (nSPS) is 19.9. The predicted octanol–water partition coefficient (Wildman–Crippen LogP) is 3.26. The zero-order valence-electron chi connectivity index (χ0n) is 13.2. The molecule has 7 heteroatoms. The summed E-state index contributed by atoms with van der Waals surface area (Å²) < 4.78 is 40.9. The van der Waals surface area contributed by atoms with Crippen molar-refractivity contribution in [3.63, 3.8) is 0 Å². The van der Waals surface area contributed by atoms with Crippen LogP contribution in [0, 0.1) is 0 Å². The van der Waals surface area contributed by atoms with Crippen molar-refractivity contribution in [3.8, 4) is 0 Å². The molecule has 0 saturated heterocycles. The Kier molecular flexibility index (Phi) is 4.87. The van der Waals surface area contributed by atoms with Gasteiger partial charge in [0.15, 0.2) is 5.88 Å². The van der Waals surface area contributed by atoms with Crippen molar-refractivity contribution in [2.75, 3.05) is 13.2 Å². The van der Waals surface area contributed by atoms with Gasteiger partial charge in [0, 0.05) is 23.5 Å². The summed E-state index contributed by atoms with van der Waals surface area (Å²) in [6.45, 7) is 8.25. The molecular weight excluding hydrogens is 307 g/mol. The zero-order chi connectivity index (χ0) is 17.2. The number of rotatable bonds is 6. The van der Waals surface area contributed by atoms with Crippen molar-refractivity contribution in [2.45, 2.75) is 32.5 Å². The van der Waals surface area contributed by atoms with E-state index in [1.165, 1.54) is 6.08 Å². The maximum atomic E-state index is 12.0. The van der Waals surface area contributed by atoms with E-state index >= 15 is 0 Å². The lowest BCUT2D eigenvalue weighted by atomic mass is 10.1. The second-order valence-corrected chi connectivity index (χ2v) is 5.56. The van der Waals surface area contributed by atoms with Crippen LogP contribution in [-0.2, 0) is 4.74 Å². The van der Waals surface area contributed by atoms with Gasteiger partial charge in [-0.05, 0) is 19.9 Å². The fraction of sp³-hybridized carbons (Fsp3) is 0.438. The molecule has 0 aliphatic carbocycles. The molecule has 0 bridgehead atoms. The highest BCUT2D eigenvalue weighted by atomic mass is 19.4. The average molecular weight is 327 g/mol. The van der Waals surface area contributed by atoms with E-state index in [2.05, 4.69) is 16.5 Å². The number of nitrogens with two attached hydrogens (primary N) is 1. The van der Waals surface area contributed by atoms with Crippen LogP contribution in [0.4, 0.5) is 13.2 Å². The predicted molar refractivity (Wildman–Crippen MR) is 83.5 cm³/mol. The number of alkyl halides is 3. The van der Waals surface area contributed by atoms with Gasteiger partial charge in [-0.25, -0.2) is 0 Å². The van der Waals surface area contributed by atoms with Crippen LogP contribution < -0.4 is 5.73 Å². The first-order valence-electron chi connectivity index (χ1n) is 7.25. The van der Waals surface area contributed by atoms with Crippen molar-refractivity contribution in [2.24, 2.45) is 10.7 Å². The minimum Gasteiger partial charge on any atom is -0.479 e. The topological polar surface area (TPSA) is 50.8 Å². The van der Waals surface area contributed by atoms with Crippen LogP contribution in [-0.4, -0.2) is 36.5 Å². The molecule has 2 aliphatic rings. The summed E-state index contributed by atoms with van der Waals surface area (Å²) in [7, 11) is 0. The standard InChI is InChI=1S/C16H20F3N3O/c1-10(4-5-15(20)23-7-6-16(17,18)19)11(2)22-9-14-13(8-21-14)12(22)3/h4-5,8,11H,3,6-7,9,20H2,1-2H3/b10-4+,15-5+. The van der Waals surface area contributed by atoms with Gasteiger partial charge in [-0.2, -0.15) is 13.2 Å². The van der Waals surface area contributed by atoms with Crippen molar-refractivity contribution in [1.29, 1.82) is 0 Å². The Morgan fingerprint density at radius 2 is 2.22 bits per heavy atom. The van der Waals surface area contributed by atoms with Gasteiger partial charge in [-0.3, -0.25) is 4.99 Å². The molecule has 2 N–H and O–H groups in total. The number of allylic oxidation sites excluding steroid dienone is 3. The van der Waals surface area contributed by atoms with E-state index in [-0.39, 0.29) is 11.9 Å². The molecule has 23 heavy (non-hydrogen) atoms. The molecular formula is C16H20F3N3O. The van der Waals surface area contributed by atoms with Crippen LogP contribution in [0.25, 0.3) is 0 Å². The van der Waals surface area contributed by atoms with E-state index in [4.69, 9.17) is 10.5 Å². The Balaban J connectivity index is 1.86. The fourth-order valence-corrected chi connectivity index (χ4v) is 2.30. The largest absolute Gasteiger partial charge is 0.479 e. The Morgan fingerprint density at radius 1 is 1.52 bits per heavy atom. The Labute approximate surface area is 133 Å². The summed E-state index contributed by atoms with van der Waals surface area (Å²) >= 11 is 0. The smallest absolute Gasteiger partial charge is 0.392 e. The lowest BCUT2D eigenvalue weighted by molar-refractivity contribution is -0.142. The molecule has 1 unspecified atom stereocenters. The molecule has 2 heterocycles. The monoisotopic (exact) mass is 327 g/mol. The number of ether oxygens (including phenoxy) is 1. The first-order chi connectivity index (χ1) is 10.7.